The Balaban J connectivity index is 1.80. The molecule has 0 unspecified atom stereocenters. The number of carbonyl (C=O) groups is 1. The van der Waals surface area contributed by atoms with Crippen LogP contribution in [-0.2, 0) is 12.8 Å². The van der Waals surface area contributed by atoms with Gasteiger partial charge >= 0.3 is 0 Å². The van der Waals surface area contributed by atoms with Crippen molar-refractivity contribution < 1.29 is 4.79 Å². The van der Waals surface area contributed by atoms with E-state index in [1.54, 1.807) is 11.3 Å². The molecule has 4 heteroatoms. The van der Waals surface area contributed by atoms with E-state index < -0.39 is 0 Å². The molecule has 2 aromatic rings. The lowest BCUT2D eigenvalue weighted by Gasteiger charge is -2.03. The lowest BCUT2D eigenvalue weighted by Crippen LogP contribution is -2.03. The van der Waals surface area contributed by atoms with Crippen LogP contribution in [-0.4, -0.2) is 17.3 Å². The first kappa shape index (κ1) is 11.4. The first-order valence-corrected chi connectivity index (χ1v) is 6.91. The molecule has 0 radical (unpaired) electrons. The number of hydrogen-bond acceptors (Lipinski definition) is 4. The summed E-state index contributed by atoms with van der Waals surface area (Å²) in [6.07, 6.45) is 1.41. The Morgan fingerprint density at radius 2 is 2.39 bits per heavy atom. The van der Waals surface area contributed by atoms with Crippen LogP contribution in [0.3, 0.4) is 0 Å². The number of fused-ring (bicyclic) bond motifs is 1. The molecular formula is C14H14N2OS. The average Bonchev–Trinajstić information content (AvgIpc) is 2.96. The predicted octanol–water partition coefficient (Wildman–Crippen LogP) is 2.84. The van der Waals surface area contributed by atoms with Gasteiger partial charge in [0.25, 0.3) is 0 Å². The SMILES string of the molecule is Cc1csc(CC(=O)c2ccc3c(c2)CCN3)n1. The molecule has 1 aliphatic rings. The maximum absolute atomic E-state index is 12.2. The van der Waals surface area contributed by atoms with Gasteiger partial charge in [-0.05, 0) is 37.1 Å². The number of nitrogens with one attached hydrogen (secondary N) is 1. The zero-order chi connectivity index (χ0) is 12.5. The monoisotopic (exact) mass is 258 g/mol. The Morgan fingerprint density at radius 1 is 1.50 bits per heavy atom. The number of carbonyl (C=O) groups excluding carboxylic acids is 1. The molecule has 0 amide bonds. The fourth-order valence-electron chi connectivity index (χ4n) is 2.20. The van der Waals surface area contributed by atoms with Crippen LogP contribution in [0.1, 0.15) is 26.6 Å². The topological polar surface area (TPSA) is 42.0 Å². The number of hydrogen-bond donors (Lipinski definition) is 1. The number of rotatable bonds is 3. The molecule has 0 saturated carbocycles. The second-order valence-electron chi connectivity index (χ2n) is 4.53. The molecule has 0 saturated heterocycles. The van der Waals surface area contributed by atoms with E-state index in [0.717, 1.165) is 34.9 Å². The number of ketones is 1. The highest BCUT2D eigenvalue weighted by atomic mass is 32.1. The van der Waals surface area contributed by atoms with Crippen molar-refractivity contribution in [1.29, 1.82) is 0 Å². The average molecular weight is 258 g/mol. The van der Waals surface area contributed by atoms with Crippen molar-refractivity contribution in [1.82, 2.24) is 4.98 Å². The first-order valence-electron chi connectivity index (χ1n) is 6.03. The molecular weight excluding hydrogens is 244 g/mol. The predicted molar refractivity (Wildman–Crippen MR) is 73.5 cm³/mol. The second kappa shape index (κ2) is 4.53. The van der Waals surface area contributed by atoms with Gasteiger partial charge < -0.3 is 5.32 Å². The summed E-state index contributed by atoms with van der Waals surface area (Å²) in [5.74, 6) is 0.152. The lowest BCUT2D eigenvalue weighted by atomic mass is 10.0. The Kier molecular flexibility index (Phi) is 2.88. The van der Waals surface area contributed by atoms with Crippen molar-refractivity contribution in [2.75, 3.05) is 11.9 Å². The molecule has 1 aliphatic heterocycles. The van der Waals surface area contributed by atoms with Crippen LogP contribution in [0.5, 0.6) is 0 Å². The van der Waals surface area contributed by atoms with Gasteiger partial charge in [-0.1, -0.05) is 0 Å². The molecule has 92 valence electrons. The number of thiazole rings is 1. The molecule has 0 spiro atoms. The Labute approximate surface area is 110 Å². The molecule has 1 aromatic heterocycles. The Bertz CT molecular complexity index is 604. The minimum atomic E-state index is 0.152. The third-order valence-corrected chi connectivity index (χ3v) is 4.08. The highest BCUT2D eigenvalue weighted by Gasteiger charge is 2.14. The highest BCUT2D eigenvalue weighted by Crippen LogP contribution is 2.24. The van der Waals surface area contributed by atoms with Gasteiger partial charge in [0.15, 0.2) is 5.78 Å². The minimum Gasteiger partial charge on any atom is -0.384 e. The zero-order valence-corrected chi connectivity index (χ0v) is 11.0. The standard InChI is InChI=1S/C14H14N2OS/c1-9-8-18-14(16-9)7-13(17)11-2-3-12-10(6-11)4-5-15-12/h2-3,6,8,15H,4-5,7H2,1H3. The largest absolute Gasteiger partial charge is 0.384 e. The van der Waals surface area contributed by atoms with E-state index in [1.165, 1.54) is 5.56 Å². The van der Waals surface area contributed by atoms with E-state index in [4.69, 9.17) is 0 Å². The number of nitrogens with zero attached hydrogens (tertiary/aromatic N) is 1. The van der Waals surface area contributed by atoms with E-state index >= 15 is 0 Å². The van der Waals surface area contributed by atoms with Crippen LogP contribution in [0.4, 0.5) is 5.69 Å². The maximum Gasteiger partial charge on any atom is 0.169 e. The summed E-state index contributed by atoms with van der Waals surface area (Å²) in [7, 11) is 0. The number of benzene rings is 1. The van der Waals surface area contributed by atoms with Gasteiger partial charge in [-0.25, -0.2) is 4.98 Å². The number of aromatic nitrogens is 1. The smallest absolute Gasteiger partial charge is 0.169 e. The molecule has 3 rings (SSSR count). The second-order valence-corrected chi connectivity index (χ2v) is 5.47. The van der Waals surface area contributed by atoms with Crippen molar-refractivity contribution >= 4 is 22.8 Å². The van der Waals surface area contributed by atoms with E-state index in [1.807, 2.05) is 30.5 Å². The highest BCUT2D eigenvalue weighted by molar-refractivity contribution is 7.09. The van der Waals surface area contributed by atoms with E-state index in [2.05, 4.69) is 10.3 Å². The van der Waals surface area contributed by atoms with Crippen LogP contribution in [0.25, 0.3) is 0 Å². The number of aryl methyl sites for hydroxylation is 1. The van der Waals surface area contributed by atoms with Gasteiger partial charge in [0, 0.05) is 28.9 Å². The molecule has 18 heavy (non-hydrogen) atoms. The summed E-state index contributed by atoms with van der Waals surface area (Å²) in [6, 6.07) is 5.92. The zero-order valence-electron chi connectivity index (χ0n) is 10.2. The van der Waals surface area contributed by atoms with Crippen LogP contribution < -0.4 is 5.32 Å². The number of anilines is 1. The molecule has 2 heterocycles. The minimum absolute atomic E-state index is 0.152. The van der Waals surface area contributed by atoms with E-state index in [9.17, 15) is 4.79 Å². The van der Waals surface area contributed by atoms with Gasteiger partial charge in [0.2, 0.25) is 0 Å². The van der Waals surface area contributed by atoms with Crippen LogP contribution in [0, 0.1) is 6.92 Å². The summed E-state index contributed by atoms with van der Waals surface area (Å²) >= 11 is 1.55. The quantitative estimate of drug-likeness (QED) is 0.861. The lowest BCUT2D eigenvalue weighted by molar-refractivity contribution is 0.0993. The van der Waals surface area contributed by atoms with E-state index in [0.29, 0.717) is 6.42 Å². The van der Waals surface area contributed by atoms with Crippen LogP contribution in [0.15, 0.2) is 23.6 Å². The summed E-state index contributed by atoms with van der Waals surface area (Å²) in [6.45, 7) is 2.92. The van der Waals surface area contributed by atoms with Gasteiger partial charge in [0.05, 0.1) is 6.42 Å². The molecule has 3 nitrogen and oxygen atoms in total. The van der Waals surface area contributed by atoms with Crippen LogP contribution >= 0.6 is 11.3 Å². The van der Waals surface area contributed by atoms with Crippen molar-refractivity contribution in [2.45, 2.75) is 19.8 Å². The van der Waals surface area contributed by atoms with Crippen molar-refractivity contribution in [3.8, 4) is 0 Å². The maximum atomic E-state index is 12.2. The van der Waals surface area contributed by atoms with Crippen molar-refractivity contribution in [3.63, 3.8) is 0 Å². The summed E-state index contributed by atoms with van der Waals surface area (Å²) in [4.78, 5) is 16.5. The Hall–Kier alpha value is -1.68. The van der Waals surface area contributed by atoms with Gasteiger partial charge in [-0.15, -0.1) is 11.3 Å². The first-order chi connectivity index (χ1) is 8.72. The van der Waals surface area contributed by atoms with Crippen LogP contribution in [0.2, 0.25) is 0 Å². The normalized spacial score (nSPS) is 13.2. The fraction of sp³-hybridized carbons (Fsp3) is 0.286. The van der Waals surface area contributed by atoms with Gasteiger partial charge in [-0.2, -0.15) is 0 Å². The molecule has 0 bridgehead atoms. The Morgan fingerprint density at radius 3 is 3.17 bits per heavy atom. The third-order valence-electron chi connectivity index (χ3n) is 3.12. The molecule has 0 fully saturated rings. The third kappa shape index (κ3) is 2.16. The summed E-state index contributed by atoms with van der Waals surface area (Å²) in [5.41, 5.74) is 4.19. The molecule has 0 aliphatic carbocycles. The number of Topliss-reactive ketones (excluding diaryl/α,β-unsaturated/α-hetero) is 1. The molecule has 0 atom stereocenters. The van der Waals surface area contributed by atoms with Gasteiger partial charge in [-0.3, -0.25) is 4.79 Å². The van der Waals surface area contributed by atoms with E-state index in [-0.39, 0.29) is 5.78 Å². The summed E-state index contributed by atoms with van der Waals surface area (Å²) < 4.78 is 0. The fourth-order valence-corrected chi connectivity index (χ4v) is 2.97. The van der Waals surface area contributed by atoms with Crippen molar-refractivity contribution in [2.24, 2.45) is 0 Å². The van der Waals surface area contributed by atoms with Gasteiger partial charge in [0.1, 0.15) is 5.01 Å². The van der Waals surface area contributed by atoms with Crippen molar-refractivity contribution in [3.05, 3.63) is 45.4 Å². The molecule has 1 aromatic carbocycles. The molecule has 1 N–H and O–H groups in total. The summed E-state index contributed by atoms with van der Waals surface area (Å²) in [5, 5.41) is 6.18.